The van der Waals surface area contributed by atoms with Crippen molar-refractivity contribution in [2.45, 2.75) is 32.1 Å². The molecule has 2 heterocycles. The van der Waals surface area contributed by atoms with Crippen LogP contribution in [0.3, 0.4) is 0 Å². The Morgan fingerprint density at radius 3 is 2.06 bits per heavy atom. The van der Waals surface area contributed by atoms with Crippen LogP contribution in [0.5, 0.6) is 5.75 Å². The van der Waals surface area contributed by atoms with E-state index in [2.05, 4.69) is 0 Å². The zero-order valence-electron chi connectivity index (χ0n) is 17.8. The maximum absolute atomic E-state index is 12.8. The molecule has 0 saturated carbocycles. The maximum Gasteiger partial charge on any atom is 0.253 e. The molecule has 0 aliphatic carbocycles. The molecular formula is C25H29ClN2O3. The summed E-state index contributed by atoms with van der Waals surface area (Å²) in [6, 6.07) is 14.5. The van der Waals surface area contributed by atoms with Gasteiger partial charge in [0, 0.05) is 48.2 Å². The average Bonchev–Trinajstić information content (AvgIpc) is 2.83. The van der Waals surface area contributed by atoms with Crippen molar-refractivity contribution in [1.29, 1.82) is 0 Å². The maximum atomic E-state index is 12.8. The van der Waals surface area contributed by atoms with Gasteiger partial charge in [0.05, 0.1) is 6.61 Å². The Kier molecular flexibility index (Phi) is 7.13. The minimum Gasteiger partial charge on any atom is -0.493 e. The lowest BCUT2D eigenvalue weighted by Crippen LogP contribution is -2.41. The Bertz CT molecular complexity index is 892. The van der Waals surface area contributed by atoms with Gasteiger partial charge in [-0.25, -0.2) is 0 Å². The molecule has 4 rings (SSSR count). The van der Waals surface area contributed by atoms with Crippen molar-refractivity contribution in [1.82, 2.24) is 9.80 Å². The fraction of sp³-hybridized carbons (Fsp3) is 0.440. The molecule has 2 aromatic carbocycles. The summed E-state index contributed by atoms with van der Waals surface area (Å²) >= 11 is 5.93. The van der Waals surface area contributed by atoms with Crippen molar-refractivity contribution >= 4 is 23.4 Å². The second kappa shape index (κ2) is 10.2. The van der Waals surface area contributed by atoms with Gasteiger partial charge in [-0.15, -0.1) is 0 Å². The summed E-state index contributed by atoms with van der Waals surface area (Å²) in [5.41, 5.74) is 1.38. The lowest BCUT2D eigenvalue weighted by molar-refractivity contribution is 0.0633. The van der Waals surface area contributed by atoms with Gasteiger partial charge in [0.25, 0.3) is 11.8 Å². The highest BCUT2D eigenvalue weighted by Gasteiger charge is 2.25. The monoisotopic (exact) mass is 440 g/mol. The van der Waals surface area contributed by atoms with Crippen molar-refractivity contribution in [3.63, 3.8) is 0 Å². The van der Waals surface area contributed by atoms with Gasteiger partial charge in [0.2, 0.25) is 0 Å². The zero-order chi connectivity index (χ0) is 21.6. The summed E-state index contributed by atoms with van der Waals surface area (Å²) in [6.07, 6.45) is 5.39. The van der Waals surface area contributed by atoms with Gasteiger partial charge in [0.1, 0.15) is 5.75 Å². The smallest absolute Gasteiger partial charge is 0.253 e. The quantitative estimate of drug-likeness (QED) is 0.664. The number of hydrogen-bond acceptors (Lipinski definition) is 3. The Morgan fingerprint density at radius 1 is 0.806 bits per heavy atom. The van der Waals surface area contributed by atoms with Gasteiger partial charge in [0.15, 0.2) is 0 Å². The van der Waals surface area contributed by atoms with E-state index >= 15 is 0 Å². The van der Waals surface area contributed by atoms with Crippen LogP contribution in [0.25, 0.3) is 0 Å². The second-order valence-electron chi connectivity index (χ2n) is 8.45. The summed E-state index contributed by atoms with van der Waals surface area (Å²) in [4.78, 5) is 29.2. The first kappa shape index (κ1) is 21.7. The van der Waals surface area contributed by atoms with Crippen LogP contribution in [-0.4, -0.2) is 54.4 Å². The molecule has 0 N–H and O–H groups in total. The fourth-order valence-corrected chi connectivity index (χ4v) is 4.47. The number of piperidine rings is 2. The van der Waals surface area contributed by atoms with Gasteiger partial charge in [-0.05, 0) is 80.6 Å². The number of halogens is 1. The number of carbonyl (C=O) groups is 2. The standard InChI is InChI=1S/C25H29ClN2O3/c26-22-10-6-20(7-11-22)25(30)28-16-4-5-19(17-28)18-31-23-12-8-21(9-13-23)24(29)27-14-2-1-3-15-27/h6-13,19H,1-5,14-18H2/t19-/m0/s1. The first-order valence-corrected chi connectivity index (χ1v) is 11.5. The molecule has 1 atom stereocenters. The number of rotatable bonds is 5. The summed E-state index contributed by atoms with van der Waals surface area (Å²) in [7, 11) is 0. The number of ether oxygens (including phenoxy) is 1. The largest absolute Gasteiger partial charge is 0.493 e. The van der Waals surface area contributed by atoms with Gasteiger partial charge in [-0.3, -0.25) is 9.59 Å². The third-order valence-electron chi connectivity index (χ3n) is 6.13. The van der Waals surface area contributed by atoms with Crippen LogP contribution in [0.4, 0.5) is 0 Å². The van der Waals surface area contributed by atoms with Crippen LogP contribution < -0.4 is 4.74 Å². The van der Waals surface area contributed by atoms with E-state index in [9.17, 15) is 9.59 Å². The van der Waals surface area contributed by atoms with Crippen LogP contribution in [0.15, 0.2) is 48.5 Å². The molecule has 0 aromatic heterocycles. The Hall–Kier alpha value is -2.53. The molecule has 0 unspecified atom stereocenters. The number of benzene rings is 2. The molecule has 0 spiro atoms. The number of amides is 2. The van der Waals surface area contributed by atoms with E-state index in [0.717, 1.165) is 51.1 Å². The lowest BCUT2D eigenvalue weighted by atomic mass is 9.98. The van der Waals surface area contributed by atoms with E-state index in [4.69, 9.17) is 16.3 Å². The minimum absolute atomic E-state index is 0.0435. The Morgan fingerprint density at radius 2 is 1.39 bits per heavy atom. The van der Waals surface area contributed by atoms with Crippen molar-refractivity contribution in [3.8, 4) is 5.75 Å². The molecule has 164 valence electrons. The van der Waals surface area contributed by atoms with E-state index in [0.29, 0.717) is 35.2 Å². The highest BCUT2D eigenvalue weighted by Crippen LogP contribution is 2.22. The zero-order valence-corrected chi connectivity index (χ0v) is 18.5. The highest BCUT2D eigenvalue weighted by atomic mass is 35.5. The molecule has 6 heteroatoms. The van der Waals surface area contributed by atoms with E-state index < -0.39 is 0 Å². The minimum atomic E-state index is 0.0435. The summed E-state index contributed by atoms with van der Waals surface area (Å²) < 4.78 is 5.99. The third-order valence-corrected chi connectivity index (χ3v) is 6.38. The normalized spacial score (nSPS) is 19.2. The molecule has 0 bridgehead atoms. The van der Waals surface area contributed by atoms with Crippen molar-refractivity contribution in [2.75, 3.05) is 32.8 Å². The predicted octanol–water partition coefficient (Wildman–Crippen LogP) is 4.90. The lowest BCUT2D eigenvalue weighted by Gasteiger charge is -2.32. The van der Waals surface area contributed by atoms with Gasteiger partial charge >= 0.3 is 0 Å². The number of likely N-dealkylation sites (tertiary alicyclic amines) is 2. The van der Waals surface area contributed by atoms with Crippen molar-refractivity contribution < 1.29 is 14.3 Å². The van der Waals surface area contributed by atoms with Crippen LogP contribution in [-0.2, 0) is 0 Å². The molecule has 2 fully saturated rings. The Labute approximate surface area is 188 Å². The molecule has 5 nitrogen and oxygen atoms in total. The number of carbonyl (C=O) groups excluding carboxylic acids is 2. The van der Waals surface area contributed by atoms with Crippen LogP contribution in [0, 0.1) is 5.92 Å². The number of nitrogens with zero attached hydrogens (tertiary/aromatic N) is 2. The van der Waals surface area contributed by atoms with Crippen LogP contribution in [0.2, 0.25) is 5.02 Å². The van der Waals surface area contributed by atoms with E-state index in [-0.39, 0.29) is 11.8 Å². The highest BCUT2D eigenvalue weighted by molar-refractivity contribution is 6.30. The van der Waals surface area contributed by atoms with Gasteiger partial charge < -0.3 is 14.5 Å². The summed E-state index contributed by atoms with van der Waals surface area (Å²) in [5.74, 6) is 1.20. The molecule has 0 radical (unpaired) electrons. The van der Waals surface area contributed by atoms with E-state index in [1.165, 1.54) is 6.42 Å². The molecule has 2 saturated heterocycles. The third kappa shape index (κ3) is 5.59. The van der Waals surface area contributed by atoms with Gasteiger partial charge in [-0.1, -0.05) is 11.6 Å². The van der Waals surface area contributed by atoms with Crippen LogP contribution >= 0.6 is 11.6 Å². The van der Waals surface area contributed by atoms with E-state index in [1.807, 2.05) is 34.1 Å². The molecule has 2 amide bonds. The van der Waals surface area contributed by atoms with Crippen molar-refractivity contribution in [3.05, 3.63) is 64.7 Å². The molecule has 2 aromatic rings. The molecule has 2 aliphatic rings. The SMILES string of the molecule is O=C(c1ccc(OC[C@H]2CCCN(C(=O)c3ccc(Cl)cc3)C2)cc1)N1CCCCC1. The molecular weight excluding hydrogens is 412 g/mol. The first-order valence-electron chi connectivity index (χ1n) is 11.2. The first-order chi connectivity index (χ1) is 15.1. The van der Waals surface area contributed by atoms with Crippen molar-refractivity contribution in [2.24, 2.45) is 5.92 Å². The average molecular weight is 441 g/mol. The predicted molar refractivity (Wildman–Crippen MR) is 122 cm³/mol. The second-order valence-corrected chi connectivity index (χ2v) is 8.89. The number of hydrogen-bond donors (Lipinski definition) is 0. The molecule has 2 aliphatic heterocycles. The van der Waals surface area contributed by atoms with Crippen LogP contribution in [0.1, 0.15) is 52.8 Å². The topological polar surface area (TPSA) is 49.9 Å². The Balaban J connectivity index is 1.29. The summed E-state index contributed by atoms with van der Waals surface area (Å²) in [5, 5.41) is 0.630. The fourth-order valence-electron chi connectivity index (χ4n) is 4.35. The molecule has 31 heavy (non-hydrogen) atoms. The summed E-state index contributed by atoms with van der Waals surface area (Å²) in [6.45, 7) is 3.72. The van der Waals surface area contributed by atoms with Gasteiger partial charge in [-0.2, -0.15) is 0 Å². The van der Waals surface area contributed by atoms with E-state index in [1.54, 1.807) is 24.3 Å².